The first-order valence-electron chi connectivity index (χ1n) is 9.91. The summed E-state index contributed by atoms with van der Waals surface area (Å²) >= 11 is 2.92. The summed E-state index contributed by atoms with van der Waals surface area (Å²) in [6.45, 7) is 2.46. The van der Waals surface area contributed by atoms with Crippen LogP contribution in [0.4, 0.5) is 4.39 Å². The highest BCUT2D eigenvalue weighted by Crippen LogP contribution is 2.27. The van der Waals surface area contributed by atoms with Crippen LogP contribution in [-0.4, -0.2) is 24.1 Å². The quantitative estimate of drug-likeness (QED) is 0.339. The summed E-state index contributed by atoms with van der Waals surface area (Å²) < 4.78 is 17.1. The van der Waals surface area contributed by atoms with Crippen molar-refractivity contribution in [1.29, 1.82) is 0 Å². The Hall–Kier alpha value is -3.30. The van der Waals surface area contributed by atoms with Gasteiger partial charge in [0.05, 0.1) is 12.2 Å². The standard InChI is InChI=1S/C23H18FN5OS2/c1-15-13-31-22-25-19(11-20(30)29(15)22)14-32-23-27-26-21(17-7-9-18(24)10-8-17)28(23)12-16-5-3-2-4-6-16/h2-11,13H,12,14H2,1H3. The van der Waals surface area contributed by atoms with Crippen LogP contribution in [0.5, 0.6) is 0 Å². The third-order valence-electron chi connectivity index (χ3n) is 4.98. The molecule has 0 fully saturated rings. The molecule has 5 rings (SSSR count). The minimum Gasteiger partial charge on any atom is -0.298 e. The Labute approximate surface area is 191 Å². The minimum absolute atomic E-state index is 0.0814. The topological polar surface area (TPSA) is 65.1 Å². The lowest BCUT2D eigenvalue weighted by Gasteiger charge is -2.10. The van der Waals surface area contributed by atoms with E-state index in [4.69, 9.17) is 0 Å². The average Bonchev–Trinajstić information content (AvgIpc) is 3.37. The van der Waals surface area contributed by atoms with E-state index in [1.165, 1.54) is 35.2 Å². The second-order valence-electron chi connectivity index (χ2n) is 7.25. The van der Waals surface area contributed by atoms with Gasteiger partial charge in [-0.2, -0.15) is 0 Å². The Morgan fingerprint density at radius 3 is 2.62 bits per heavy atom. The Balaban J connectivity index is 1.48. The monoisotopic (exact) mass is 463 g/mol. The van der Waals surface area contributed by atoms with E-state index >= 15 is 0 Å². The van der Waals surface area contributed by atoms with Crippen LogP contribution in [0, 0.1) is 12.7 Å². The van der Waals surface area contributed by atoms with Crippen LogP contribution in [-0.2, 0) is 12.3 Å². The molecule has 0 saturated carbocycles. The Kier molecular flexibility index (Phi) is 5.59. The molecule has 0 aliphatic heterocycles. The molecule has 0 atom stereocenters. The summed E-state index contributed by atoms with van der Waals surface area (Å²) in [6.07, 6.45) is 0. The van der Waals surface area contributed by atoms with Gasteiger partial charge in [0.25, 0.3) is 5.56 Å². The van der Waals surface area contributed by atoms with Gasteiger partial charge in [-0.3, -0.25) is 13.8 Å². The number of benzene rings is 2. The molecule has 0 N–H and O–H groups in total. The van der Waals surface area contributed by atoms with Crippen molar-refractivity contribution < 1.29 is 4.39 Å². The Bertz CT molecular complexity index is 1440. The summed E-state index contributed by atoms with van der Waals surface area (Å²) in [7, 11) is 0. The van der Waals surface area contributed by atoms with Gasteiger partial charge in [-0.1, -0.05) is 42.1 Å². The lowest BCUT2D eigenvalue weighted by atomic mass is 10.2. The van der Waals surface area contributed by atoms with E-state index < -0.39 is 0 Å². The van der Waals surface area contributed by atoms with Crippen LogP contribution in [0.1, 0.15) is 17.0 Å². The van der Waals surface area contributed by atoms with Gasteiger partial charge in [-0.05, 0) is 36.8 Å². The number of aromatic nitrogens is 5. The second-order valence-corrected chi connectivity index (χ2v) is 9.03. The average molecular weight is 464 g/mol. The first-order chi connectivity index (χ1) is 15.6. The van der Waals surface area contributed by atoms with Crippen molar-refractivity contribution in [3.05, 3.63) is 99.2 Å². The van der Waals surface area contributed by atoms with Gasteiger partial charge in [-0.15, -0.1) is 21.5 Å². The van der Waals surface area contributed by atoms with Crippen molar-refractivity contribution in [2.45, 2.75) is 24.4 Å². The number of rotatable bonds is 6. The summed E-state index contributed by atoms with van der Waals surface area (Å²) in [5.41, 5.74) is 3.38. The van der Waals surface area contributed by atoms with Crippen LogP contribution < -0.4 is 5.56 Å². The molecule has 0 radical (unpaired) electrons. The van der Waals surface area contributed by atoms with Crippen molar-refractivity contribution in [3.63, 3.8) is 0 Å². The fourth-order valence-electron chi connectivity index (χ4n) is 3.43. The van der Waals surface area contributed by atoms with Gasteiger partial charge in [0, 0.05) is 28.5 Å². The van der Waals surface area contributed by atoms with E-state index in [0.717, 1.165) is 16.8 Å². The van der Waals surface area contributed by atoms with Crippen LogP contribution in [0.25, 0.3) is 16.3 Å². The smallest absolute Gasteiger partial charge is 0.258 e. The number of thiazole rings is 1. The zero-order valence-electron chi connectivity index (χ0n) is 17.1. The van der Waals surface area contributed by atoms with Gasteiger partial charge in [0.2, 0.25) is 0 Å². The Morgan fingerprint density at radius 2 is 1.84 bits per heavy atom. The lowest BCUT2D eigenvalue weighted by Crippen LogP contribution is -2.14. The van der Waals surface area contributed by atoms with Crippen molar-refractivity contribution in [2.24, 2.45) is 0 Å². The molecule has 32 heavy (non-hydrogen) atoms. The number of thioether (sulfide) groups is 1. The third kappa shape index (κ3) is 4.09. The molecule has 9 heteroatoms. The first-order valence-corrected chi connectivity index (χ1v) is 11.8. The van der Waals surface area contributed by atoms with E-state index in [9.17, 15) is 9.18 Å². The molecule has 160 valence electrons. The van der Waals surface area contributed by atoms with Crippen molar-refractivity contribution in [3.8, 4) is 11.4 Å². The zero-order chi connectivity index (χ0) is 22.1. The zero-order valence-corrected chi connectivity index (χ0v) is 18.7. The molecular weight excluding hydrogens is 445 g/mol. The van der Waals surface area contributed by atoms with Gasteiger partial charge >= 0.3 is 0 Å². The molecule has 0 spiro atoms. The highest BCUT2D eigenvalue weighted by molar-refractivity contribution is 7.98. The number of hydrogen-bond acceptors (Lipinski definition) is 6. The van der Waals surface area contributed by atoms with E-state index in [1.54, 1.807) is 22.6 Å². The van der Waals surface area contributed by atoms with E-state index in [2.05, 4.69) is 15.2 Å². The van der Waals surface area contributed by atoms with E-state index in [1.807, 2.05) is 47.2 Å². The fraction of sp³-hybridized carbons (Fsp3) is 0.130. The largest absolute Gasteiger partial charge is 0.298 e. The number of halogens is 1. The predicted octanol–water partition coefficient (Wildman–Crippen LogP) is 4.80. The number of aryl methyl sites for hydroxylation is 1. The number of fused-ring (bicyclic) bond motifs is 1. The maximum Gasteiger partial charge on any atom is 0.258 e. The maximum absolute atomic E-state index is 13.4. The highest BCUT2D eigenvalue weighted by atomic mass is 32.2. The summed E-state index contributed by atoms with van der Waals surface area (Å²) in [5.74, 6) is 0.849. The molecule has 0 bridgehead atoms. The highest BCUT2D eigenvalue weighted by Gasteiger charge is 2.16. The molecule has 0 amide bonds. The number of nitrogens with zero attached hydrogens (tertiary/aromatic N) is 5. The molecule has 0 saturated heterocycles. The normalized spacial score (nSPS) is 11.3. The summed E-state index contributed by atoms with van der Waals surface area (Å²) in [5, 5.41) is 11.4. The molecule has 3 aromatic heterocycles. The number of hydrogen-bond donors (Lipinski definition) is 0. The van der Waals surface area contributed by atoms with Crippen LogP contribution in [0.2, 0.25) is 0 Å². The third-order valence-corrected chi connectivity index (χ3v) is 6.92. The fourth-order valence-corrected chi connectivity index (χ4v) is 5.15. The van der Waals surface area contributed by atoms with Crippen molar-refractivity contribution in [1.82, 2.24) is 24.1 Å². The minimum atomic E-state index is -0.297. The van der Waals surface area contributed by atoms with E-state index in [0.29, 0.717) is 33.9 Å². The van der Waals surface area contributed by atoms with Gasteiger partial charge in [-0.25, -0.2) is 9.37 Å². The molecule has 3 heterocycles. The lowest BCUT2D eigenvalue weighted by molar-refractivity contribution is 0.628. The molecule has 0 aliphatic carbocycles. The first kappa shape index (κ1) is 20.6. The molecule has 2 aromatic carbocycles. The molecule has 0 aliphatic rings. The van der Waals surface area contributed by atoms with Crippen LogP contribution in [0.3, 0.4) is 0 Å². The van der Waals surface area contributed by atoms with E-state index in [-0.39, 0.29) is 11.4 Å². The van der Waals surface area contributed by atoms with Crippen LogP contribution >= 0.6 is 23.1 Å². The molecular formula is C23H18FN5OS2. The SMILES string of the molecule is Cc1csc2nc(CSc3nnc(-c4ccc(F)cc4)n3Cc3ccccc3)cc(=O)n12. The second kappa shape index (κ2) is 8.68. The maximum atomic E-state index is 13.4. The Morgan fingerprint density at radius 1 is 1.06 bits per heavy atom. The molecule has 6 nitrogen and oxygen atoms in total. The molecule has 5 aromatic rings. The van der Waals surface area contributed by atoms with Gasteiger partial charge in [0.15, 0.2) is 15.9 Å². The summed E-state index contributed by atoms with van der Waals surface area (Å²) in [6, 6.07) is 17.8. The van der Waals surface area contributed by atoms with Crippen molar-refractivity contribution >= 4 is 28.1 Å². The predicted molar refractivity (Wildman–Crippen MR) is 125 cm³/mol. The summed E-state index contributed by atoms with van der Waals surface area (Å²) in [4.78, 5) is 17.8. The van der Waals surface area contributed by atoms with Crippen LogP contribution in [0.15, 0.2) is 76.0 Å². The van der Waals surface area contributed by atoms with Gasteiger partial charge < -0.3 is 0 Å². The van der Waals surface area contributed by atoms with Crippen molar-refractivity contribution in [2.75, 3.05) is 0 Å². The van der Waals surface area contributed by atoms with Gasteiger partial charge in [0.1, 0.15) is 5.82 Å². The molecule has 0 unspecified atom stereocenters.